The lowest BCUT2D eigenvalue weighted by molar-refractivity contribution is 1.04. The molecule has 0 unspecified atom stereocenters. The molecule has 0 radical (unpaired) electrons. The van der Waals surface area contributed by atoms with E-state index in [0.29, 0.717) is 17.0 Å². The van der Waals surface area contributed by atoms with Gasteiger partial charge in [-0.1, -0.05) is 84.5 Å². The third-order valence-corrected chi connectivity index (χ3v) is 9.80. The van der Waals surface area contributed by atoms with E-state index in [9.17, 15) is 5.26 Å². The van der Waals surface area contributed by atoms with E-state index in [1.54, 1.807) is 17.4 Å². The molecule has 5 aromatic carbocycles. The number of benzene rings is 5. The van der Waals surface area contributed by atoms with Gasteiger partial charge in [0.25, 0.3) is 0 Å². The van der Waals surface area contributed by atoms with E-state index >= 15 is 0 Å². The minimum absolute atomic E-state index is 0.381. The minimum Gasteiger partial charge on any atom is -0.398 e. The average Bonchev–Trinajstić information content (AvgIpc) is 3.73. The van der Waals surface area contributed by atoms with Gasteiger partial charge in [0, 0.05) is 48.7 Å². The second-order valence-electron chi connectivity index (χ2n) is 11.9. The van der Waals surface area contributed by atoms with Crippen LogP contribution in [0.2, 0.25) is 0 Å². The summed E-state index contributed by atoms with van der Waals surface area (Å²) >= 11 is 1.76. The van der Waals surface area contributed by atoms with Crippen LogP contribution >= 0.6 is 11.3 Å². The van der Waals surface area contributed by atoms with E-state index in [1.807, 2.05) is 66.9 Å². The summed E-state index contributed by atoms with van der Waals surface area (Å²) in [6.45, 7) is 2.08. The number of aromatic nitrogens is 1. The van der Waals surface area contributed by atoms with E-state index in [1.165, 1.54) is 26.1 Å². The van der Waals surface area contributed by atoms with Gasteiger partial charge in [0.05, 0.1) is 22.9 Å². The molecule has 5 heteroatoms. The van der Waals surface area contributed by atoms with Gasteiger partial charge in [-0.15, -0.1) is 11.3 Å². The van der Waals surface area contributed by atoms with Crippen LogP contribution in [0.5, 0.6) is 0 Å². The maximum atomic E-state index is 9.25. The Morgan fingerprint density at radius 2 is 1.58 bits per heavy atom. The van der Waals surface area contributed by atoms with Crippen molar-refractivity contribution in [2.24, 2.45) is 5.73 Å². The maximum Gasteiger partial charge on any atom is 0.0991 e. The predicted molar refractivity (Wildman–Crippen MR) is 204 cm³/mol. The van der Waals surface area contributed by atoms with Crippen molar-refractivity contribution in [3.8, 4) is 11.8 Å². The highest BCUT2D eigenvalue weighted by molar-refractivity contribution is 7.25. The molecule has 0 amide bonds. The predicted octanol–water partition coefficient (Wildman–Crippen LogP) is 11.0. The average molecular weight is 639 g/mol. The number of allylic oxidation sites excluding steroid dienone is 5. The summed E-state index contributed by atoms with van der Waals surface area (Å²) in [5, 5.41) is 21.4. The molecule has 48 heavy (non-hydrogen) atoms. The number of thiophene rings is 1. The second-order valence-corrected chi connectivity index (χ2v) is 13.0. The smallest absolute Gasteiger partial charge is 0.0991 e. The summed E-state index contributed by atoms with van der Waals surface area (Å²) in [4.78, 5) is 0. The normalized spacial score (nSPS) is 12.8. The molecule has 8 rings (SSSR count). The molecule has 3 N–H and O–H groups in total. The molecule has 0 spiro atoms. The Labute approximate surface area is 284 Å². The van der Waals surface area contributed by atoms with Crippen LogP contribution in [0.15, 0.2) is 146 Å². The van der Waals surface area contributed by atoms with Gasteiger partial charge in [-0.2, -0.15) is 5.26 Å². The first-order valence-electron chi connectivity index (χ1n) is 16.0. The molecule has 232 valence electrons. The highest BCUT2D eigenvalue weighted by atomic mass is 32.1. The molecule has 0 saturated heterocycles. The first-order valence-corrected chi connectivity index (χ1v) is 16.8. The fourth-order valence-corrected chi connectivity index (χ4v) is 7.13. The van der Waals surface area contributed by atoms with E-state index in [0.717, 1.165) is 51.3 Å². The van der Waals surface area contributed by atoms with E-state index in [-0.39, 0.29) is 0 Å². The van der Waals surface area contributed by atoms with Crippen LogP contribution in [0.3, 0.4) is 0 Å². The Kier molecular flexibility index (Phi) is 8.57. The van der Waals surface area contributed by atoms with Crippen molar-refractivity contribution < 1.29 is 0 Å². The highest BCUT2D eigenvalue weighted by Gasteiger charge is 2.12. The zero-order valence-electron chi connectivity index (χ0n) is 26.7. The van der Waals surface area contributed by atoms with Crippen LogP contribution < -0.4 is 5.73 Å². The summed E-state index contributed by atoms with van der Waals surface area (Å²) in [6.07, 6.45) is 12.6. The topological polar surface area (TPSA) is 78.6 Å². The van der Waals surface area contributed by atoms with Crippen LogP contribution in [0.25, 0.3) is 48.0 Å². The molecule has 0 saturated carbocycles. The number of hydrogen-bond acceptors (Lipinski definition) is 4. The van der Waals surface area contributed by atoms with Gasteiger partial charge >= 0.3 is 0 Å². The molecule has 0 bridgehead atoms. The number of nitrogens with zero attached hydrogens (tertiary/aromatic N) is 2. The lowest BCUT2D eigenvalue weighted by Crippen LogP contribution is -2.02. The summed E-state index contributed by atoms with van der Waals surface area (Å²) in [7, 11) is 0. The summed E-state index contributed by atoms with van der Waals surface area (Å²) in [6, 6.07) is 41.2. The highest BCUT2D eigenvalue weighted by Crippen LogP contribution is 2.36. The standard InChI is InChI=1S/C36H26N4S.C7H8/c37-22-23-6-13-34-28(18-23)16-17-40(34)29-12-15-36-31(20-29)30-19-27(11-14-35(30)41-36)33(39)21-32(38)26-9-7-25(8-10-26)24-4-2-1-3-5-24;1-7-5-3-2-4-6-7/h2,4-21,39H,1,3,38H2;2-6H,1H3/b32-21-,39-33?;. The quantitative estimate of drug-likeness (QED) is 0.184. The van der Waals surface area contributed by atoms with Gasteiger partial charge in [-0.05, 0) is 97.1 Å². The number of nitrogens with one attached hydrogen (secondary N) is 1. The molecule has 0 aliphatic heterocycles. The number of hydrogen-bond donors (Lipinski definition) is 2. The van der Waals surface area contributed by atoms with E-state index in [4.69, 9.17) is 11.1 Å². The molecule has 7 aromatic rings. The molecule has 1 aliphatic rings. The molecule has 0 atom stereocenters. The molecule has 0 fully saturated rings. The summed E-state index contributed by atoms with van der Waals surface area (Å²) < 4.78 is 4.54. The van der Waals surface area contributed by atoms with Crippen LogP contribution in [0.1, 0.15) is 40.7 Å². The Morgan fingerprint density at radius 3 is 2.29 bits per heavy atom. The zero-order chi connectivity index (χ0) is 33.0. The monoisotopic (exact) mass is 638 g/mol. The summed E-state index contributed by atoms with van der Waals surface area (Å²) in [5.74, 6) is 0. The molecule has 1 aliphatic carbocycles. The van der Waals surface area contributed by atoms with Crippen molar-refractivity contribution in [3.63, 3.8) is 0 Å². The fourth-order valence-electron chi connectivity index (χ4n) is 6.06. The van der Waals surface area contributed by atoms with Crippen molar-refractivity contribution >= 4 is 59.4 Å². The minimum atomic E-state index is 0.381. The largest absolute Gasteiger partial charge is 0.398 e. The summed E-state index contributed by atoms with van der Waals surface area (Å²) in [5.41, 5.74) is 15.7. The lowest BCUT2D eigenvalue weighted by Gasteiger charge is -2.09. The van der Waals surface area contributed by atoms with Gasteiger partial charge < -0.3 is 15.7 Å². The molecular weight excluding hydrogens is 605 g/mol. The number of rotatable bonds is 5. The van der Waals surface area contributed by atoms with Crippen molar-refractivity contribution in [2.45, 2.75) is 19.8 Å². The van der Waals surface area contributed by atoms with Crippen molar-refractivity contribution in [1.29, 1.82) is 10.7 Å². The van der Waals surface area contributed by atoms with Crippen LogP contribution in [-0.2, 0) is 0 Å². The molecule has 2 heterocycles. The Bertz CT molecular complexity index is 2430. The SMILES string of the molecule is Cc1ccccc1.N#Cc1ccc2c(ccn2-c2ccc3sc4ccc(C(=N)/C=C(\N)c5ccc(C6=CCCC=C6)cc5)cc4c3c2)c1. The number of fused-ring (bicyclic) bond motifs is 4. The van der Waals surface area contributed by atoms with Gasteiger partial charge in [-0.25, -0.2) is 0 Å². The van der Waals surface area contributed by atoms with Crippen molar-refractivity contribution in [2.75, 3.05) is 0 Å². The Balaban J connectivity index is 0.000000465. The fraction of sp³-hybridized carbons (Fsp3) is 0.0698. The van der Waals surface area contributed by atoms with Crippen LogP contribution in [0, 0.1) is 23.7 Å². The van der Waals surface area contributed by atoms with Crippen molar-refractivity contribution in [1.82, 2.24) is 4.57 Å². The number of nitriles is 1. The Morgan fingerprint density at radius 1 is 0.833 bits per heavy atom. The zero-order valence-corrected chi connectivity index (χ0v) is 27.5. The first kappa shape index (κ1) is 30.7. The molecular formula is C43H34N4S. The molecule has 2 aromatic heterocycles. The van der Waals surface area contributed by atoms with Gasteiger partial charge in [0.15, 0.2) is 0 Å². The maximum absolute atomic E-state index is 9.25. The first-order chi connectivity index (χ1) is 23.5. The molecule has 4 nitrogen and oxygen atoms in total. The lowest BCUT2D eigenvalue weighted by atomic mass is 9.98. The van der Waals surface area contributed by atoms with Crippen LogP contribution in [-0.4, -0.2) is 10.3 Å². The van der Waals surface area contributed by atoms with Gasteiger partial charge in [-0.3, -0.25) is 0 Å². The van der Waals surface area contributed by atoms with E-state index in [2.05, 4.69) is 90.4 Å². The Hall–Kier alpha value is -5.96. The van der Waals surface area contributed by atoms with Gasteiger partial charge in [0.2, 0.25) is 0 Å². The third-order valence-electron chi connectivity index (χ3n) is 8.65. The van der Waals surface area contributed by atoms with Crippen molar-refractivity contribution in [3.05, 3.63) is 174 Å². The van der Waals surface area contributed by atoms with Gasteiger partial charge in [0.1, 0.15) is 0 Å². The number of nitrogens with two attached hydrogens (primary N) is 1. The van der Waals surface area contributed by atoms with E-state index < -0.39 is 0 Å². The number of aryl methyl sites for hydroxylation is 1. The van der Waals surface area contributed by atoms with Crippen LogP contribution in [0.4, 0.5) is 0 Å². The third kappa shape index (κ3) is 6.35. The second kappa shape index (κ2) is 13.4.